The molecule has 1 aromatic carbocycles. The zero-order valence-corrected chi connectivity index (χ0v) is 22.2. The lowest BCUT2D eigenvalue weighted by molar-refractivity contribution is -0.140. The number of hydrogen-bond acceptors (Lipinski definition) is 4. The van der Waals surface area contributed by atoms with E-state index in [2.05, 4.69) is 16.9 Å². The fraction of sp³-hybridized carbons (Fsp3) is 0.645. The van der Waals surface area contributed by atoms with Crippen LogP contribution in [0.4, 0.5) is 4.39 Å². The predicted molar refractivity (Wildman–Crippen MR) is 145 cm³/mol. The lowest BCUT2D eigenvalue weighted by Gasteiger charge is -2.09. The van der Waals surface area contributed by atoms with Crippen molar-refractivity contribution in [2.75, 3.05) is 0 Å². The zero-order valence-electron chi connectivity index (χ0n) is 22.2. The van der Waals surface area contributed by atoms with Gasteiger partial charge in [-0.3, -0.25) is 0 Å². The van der Waals surface area contributed by atoms with Crippen LogP contribution in [0.15, 0.2) is 36.7 Å². The van der Waals surface area contributed by atoms with Crippen LogP contribution in [0.1, 0.15) is 115 Å². The lowest BCUT2D eigenvalue weighted by atomic mass is 9.99. The van der Waals surface area contributed by atoms with Gasteiger partial charge in [0.25, 0.3) is 0 Å². The van der Waals surface area contributed by atoms with Crippen molar-refractivity contribution >= 4 is 5.97 Å². The van der Waals surface area contributed by atoms with Gasteiger partial charge in [-0.25, -0.2) is 19.2 Å². The third-order valence-electron chi connectivity index (χ3n) is 7.41. The Hall–Kier alpha value is -2.30. The van der Waals surface area contributed by atoms with Gasteiger partial charge in [0, 0.05) is 18.0 Å². The lowest BCUT2D eigenvalue weighted by Crippen LogP contribution is -2.21. The molecule has 36 heavy (non-hydrogen) atoms. The van der Waals surface area contributed by atoms with Crippen LogP contribution in [0.3, 0.4) is 0 Å². The fourth-order valence-corrected chi connectivity index (χ4v) is 5.12. The maximum Gasteiger partial charge on any atom is 0.346 e. The SMILES string of the molecule is CCCCCC[C@@H](F)C(=O)Oc1ccc(-c2ncc(CCCCCCCCC3CCCC3)cn2)cc1. The minimum absolute atomic E-state index is 0.220. The number of rotatable bonds is 17. The van der Waals surface area contributed by atoms with Gasteiger partial charge in [0.1, 0.15) is 5.75 Å². The third-order valence-corrected chi connectivity index (χ3v) is 7.41. The van der Waals surface area contributed by atoms with Gasteiger partial charge >= 0.3 is 5.97 Å². The van der Waals surface area contributed by atoms with E-state index in [0.717, 1.165) is 37.2 Å². The van der Waals surface area contributed by atoms with Gasteiger partial charge in [0.15, 0.2) is 12.0 Å². The summed E-state index contributed by atoms with van der Waals surface area (Å²) in [5.74, 6) is 1.19. The summed E-state index contributed by atoms with van der Waals surface area (Å²) in [6.45, 7) is 2.10. The molecule has 0 saturated heterocycles. The first-order chi connectivity index (χ1) is 17.7. The van der Waals surface area contributed by atoms with Crippen molar-refractivity contribution in [2.24, 2.45) is 5.92 Å². The highest BCUT2D eigenvalue weighted by atomic mass is 19.1. The van der Waals surface area contributed by atoms with E-state index in [0.29, 0.717) is 18.0 Å². The van der Waals surface area contributed by atoms with Gasteiger partial charge < -0.3 is 4.74 Å². The van der Waals surface area contributed by atoms with Crippen molar-refractivity contribution in [2.45, 2.75) is 122 Å². The summed E-state index contributed by atoms with van der Waals surface area (Å²) in [7, 11) is 0. The number of unbranched alkanes of at least 4 members (excludes halogenated alkanes) is 8. The summed E-state index contributed by atoms with van der Waals surface area (Å²) in [5.41, 5.74) is 2.01. The highest BCUT2D eigenvalue weighted by Crippen LogP contribution is 2.29. The van der Waals surface area contributed by atoms with Crippen LogP contribution in [-0.2, 0) is 11.2 Å². The molecule has 0 unspecified atom stereocenters. The standard InChI is InChI=1S/C31H45FN2O2/c1-2-3-4-11-18-29(32)31(35)36-28-21-19-27(20-22-28)30-33-23-26(24-34-30)17-10-8-6-5-7-9-14-25-15-12-13-16-25/h19-25,29H,2-18H2,1H3/t29-/m1/s1. The van der Waals surface area contributed by atoms with Crippen LogP contribution in [0.5, 0.6) is 5.75 Å². The van der Waals surface area contributed by atoms with E-state index >= 15 is 0 Å². The van der Waals surface area contributed by atoms with Gasteiger partial charge in [-0.05, 0) is 61.4 Å². The highest BCUT2D eigenvalue weighted by Gasteiger charge is 2.19. The van der Waals surface area contributed by atoms with E-state index in [-0.39, 0.29) is 6.42 Å². The quantitative estimate of drug-likeness (QED) is 0.125. The molecule has 1 saturated carbocycles. The number of nitrogens with zero attached hydrogens (tertiary/aromatic N) is 2. The van der Waals surface area contributed by atoms with Crippen molar-refractivity contribution < 1.29 is 13.9 Å². The molecular formula is C31H45FN2O2. The van der Waals surface area contributed by atoms with Gasteiger partial charge in [-0.2, -0.15) is 0 Å². The first-order valence-electron chi connectivity index (χ1n) is 14.4. The molecule has 0 radical (unpaired) electrons. The number of esters is 1. The van der Waals surface area contributed by atoms with Crippen molar-refractivity contribution in [3.63, 3.8) is 0 Å². The van der Waals surface area contributed by atoms with Gasteiger partial charge in [-0.15, -0.1) is 0 Å². The first-order valence-corrected chi connectivity index (χ1v) is 14.4. The maximum atomic E-state index is 14.0. The molecule has 1 aliphatic rings. The summed E-state index contributed by atoms with van der Waals surface area (Å²) in [4.78, 5) is 21.0. The number of carbonyl (C=O) groups is 1. The van der Waals surface area contributed by atoms with Crippen molar-refractivity contribution in [3.05, 3.63) is 42.2 Å². The van der Waals surface area contributed by atoms with E-state index < -0.39 is 12.1 Å². The second kappa shape index (κ2) is 16.4. The third kappa shape index (κ3) is 10.4. The normalized spacial score (nSPS) is 14.7. The summed E-state index contributed by atoms with van der Waals surface area (Å²) >= 11 is 0. The van der Waals surface area contributed by atoms with Crippen LogP contribution in [0.25, 0.3) is 11.4 Å². The fourth-order valence-electron chi connectivity index (χ4n) is 5.12. The molecule has 0 N–H and O–H groups in total. The first kappa shape index (κ1) is 28.3. The van der Waals surface area contributed by atoms with E-state index in [1.807, 2.05) is 12.4 Å². The molecule has 2 aromatic rings. The summed E-state index contributed by atoms with van der Waals surface area (Å²) in [5, 5.41) is 0. The Morgan fingerprint density at radius 1 is 0.917 bits per heavy atom. The van der Waals surface area contributed by atoms with Crippen LogP contribution in [0.2, 0.25) is 0 Å². The molecule has 1 fully saturated rings. The molecule has 1 atom stereocenters. The summed E-state index contributed by atoms with van der Waals surface area (Å²) in [6.07, 6.45) is 22.5. The topological polar surface area (TPSA) is 52.1 Å². The van der Waals surface area contributed by atoms with Crippen molar-refractivity contribution in [1.82, 2.24) is 9.97 Å². The predicted octanol–water partition coefficient (Wildman–Crippen LogP) is 8.82. The van der Waals surface area contributed by atoms with E-state index in [1.54, 1.807) is 24.3 Å². The van der Waals surface area contributed by atoms with Crippen molar-refractivity contribution in [1.29, 1.82) is 0 Å². The minimum Gasteiger partial charge on any atom is -0.424 e. The van der Waals surface area contributed by atoms with Crippen LogP contribution >= 0.6 is 0 Å². The molecule has 5 heteroatoms. The molecular weight excluding hydrogens is 451 g/mol. The zero-order chi connectivity index (χ0) is 25.4. The molecule has 1 aliphatic carbocycles. The summed E-state index contributed by atoms with van der Waals surface area (Å²) < 4.78 is 19.2. The van der Waals surface area contributed by atoms with Crippen LogP contribution < -0.4 is 4.74 Å². The second-order valence-corrected chi connectivity index (χ2v) is 10.5. The Balaban J connectivity index is 1.31. The van der Waals surface area contributed by atoms with E-state index in [9.17, 15) is 9.18 Å². The molecule has 0 bridgehead atoms. The van der Waals surface area contributed by atoms with Crippen LogP contribution in [0, 0.1) is 5.92 Å². The van der Waals surface area contributed by atoms with Gasteiger partial charge in [0.2, 0.25) is 0 Å². The summed E-state index contributed by atoms with van der Waals surface area (Å²) in [6, 6.07) is 6.95. The largest absolute Gasteiger partial charge is 0.424 e. The molecule has 0 aliphatic heterocycles. The molecule has 4 nitrogen and oxygen atoms in total. The monoisotopic (exact) mass is 496 g/mol. The highest BCUT2D eigenvalue weighted by molar-refractivity contribution is 5.77. The molecule has 198 valence electrons. The average molecular weight is 497 g/mol. The van der Waals surface area contributed by atoms with E-state index in [4.69, 9.17) is 4.74 Å². The van der Waals surface area contributed by atoms with Gasteiger partial charge in [-0.1, -0.05) is 90.4 Å². The Kier molecular flexibility index (Phi) is 12.9. The Morgan fingerprint density at radius 2 is 1.56 bits per heavy atom. The number of halogens is 1. The number of benzene rings is 1. The molecule has 1 aromatic heterocycles. The van der Waals surface area contributed by atoms with Crippen LogP contribution in [-0.4, -0.2) is 22.1 Å². The smallest absolute Gasteiger partial charge is 0.346 e. The second-order valence-electron chi connectivity index (χ2n) is 10.5. The average Bonchev–Trinajstić information content (AvgIpc) is 3.42. The Bertz CT molecular complexity index is 863. The number of aryl methyl sites for hydroxylation is 1. The maximum absolute atomic E-state index is 14.0. The number of carbonyl (C=O) groups excluding carboxylic acids is 1. The molecule has 0 spiro atoms. The van der Waals surface area contributed by atoms with Crippen molar-refractivity contribution in [3.8, 4) is 17.1 Å². The molecule has 1 heterocycles. The number of aromatic nitrogens is 2. The number of ether oxygens (including phenoxy) is 1. The van der Waals surface area contributed by atoms with E-state index in [1.165, 1.54) is 76.2 Å². The minimum atomic E-state index is -1.57. The Labute approximate surface area is 217 Å². The molecule has 3 rings (SSSR count). The number of hydrogen-bond donors (Lipinski definition) is 0. The number of alkyl halides is 1. The molecule has 0 amide bonds. The van der Waals surface area contributed by atoms with Gasteiger partial charge in [0.05, 0.1) is 0 Å². The Morgan fingerprint density at radius 3 is 2.25 bits per heavy atom.